The summed E-state index contributed by atoms with van der Waals surface area (Å²) < 4.78 is 0. The summed E-state index contributed by atoms with van der Waals surface area (Å²) in [5.41, 5.74) is 0. The quantitative estimate of drug-likeness (QED) is 0.566. The summed E-state index contributed by atoms with van der Waals surface area (Å²) in [7, 11) is 0. The molecule has 86 valence electrons. The molecule has 0 aliphatic carbocycles. The highest BCUT2D eigenvalue weighted by Crippen LogP contribution is 1.75. The van der Waals surface area contributed by atoms with Gasteiger partial charge in [0.25, 0.3) is 0 Å². The minimum absolute atomic E-state index is 0.165. The van der Waals surface area contributed by atoms with Crippen LogP contribution in [0.15, 0.2) is 0 Å². The summed E-state index contributed by atoms with van der Waals surface area (Å²) in [6.07, 6.45) is 0.822. The highest BCUT2D eigenvalue weighted by atomic mass is 35.5. The molecule has 0 spiro atoms. The van der Waals surface area contributed by atoms with Crippen molar-refractivity contribution in [2.24, 2.45) is 0 Å². The number of urea groups is 1. The van der Waals surface area contributed by atoms with Crippen molar-refractivity contribution in [3.63, 3.8) is 0 Å². The van der Waals surface area contributed by atoms with Gasteiger partial charge >= 0.3 is 6.03 Å². The SMILES string of the molecule is CCCNC(=O)CNC(=O)NC(=O)CCl. The van der Waals surface area contributed by atoms with Gasteiger partial charge in [-0.05, 0) is 6.42 Å². The number of nitrogens with one attached hydrogen (secondary N) is 3. The first-order chi connectivity index (χ1) is 7.10. The number of rotatable bonds is 5. The Hall–Kier alpha value is -1.30. The minimum Gasteiger partial charge on any atom is -0.355 e. The van der Waals surface area contributed by atoms with Gasteiger partial charge in [-0.2, -0.15) is 0 Å². The third-order valence-electron chi connectivity index (χ3n) is 1.36. The molecule has 0 aliphatic heterocycles. The highest BCUT2D eigenvalue weighted by molar-refractivity contribution is 6.28. The second kappa shape index (κ2) is 8.05. The zero-order valence-corrected chi connectivity index (χ0v) is 9.19. The van der Waals surface area contributed by atoms with Crippen molar-refractivity contribution >= 4 is 29.4 Å². The largest absolute Gasteiger partial charge is 0.355 e. The van der Waals surface area contributed by atoms with E-state index in [4.69, 9.17) is 11.6 Å². The van der Waals surface area contributed by atoms with Gasteiger partial charge in [0.1, 0.15) is 5.88 Å². The van der Waals surface area contributed by atoms with Crippen molar-refractivity contribution in [3.8, 4) is 0 Å². The van der Waals surface area contributed by atoms with E-state index in [1.165, 1.54) is 0 Å². The molecule has 0 bridgehead atoms. The van der Waals surface area contributed by atoms with E-state index in [1.54, 1.807) is 0 Å². The van der Waals surface area contributed by atoms with Gasteiger partial charge in [0.2, 0.25) is 11.8 Å². The third kappa shape index (κ3) is 7.75. The first-order valence-electron chi connectivity index (χ1n) is 4.50. The van der Waals surface area contributed by atoms with Crippen LogP contribution in [0.3, 0.4) is 0 Å². The third-order valence-corrected chi connectivity index (χ3v) is 1.60. The molecule has 0 aliphatic rings. The molecule has 0 unspecified atom stereocenters. The van der Waals surface area contributed by atoms with Crippen molar-refractivity contribution < 1.29 is 14.4 Å². The number of imide groups is 1. The average molecular weight is 236 g/mol. The normalized spacial score (nSPS) is 9.20. The zero-order valence-electron chi connectivity index (χ0n) is 8.43. The van der Waals surface area contributed by atoms with Gasteiger partial charge in [-0.3, -0.25) is 14.9 Å². The van der Waals surface area contributed by atoms with Gasteiger partial charge in [-0.15, -0.1) is 11.6 Å². The lowest BCUT2D eigenvalue weighted by molar-refractivity contribution is -0.120. The molecule has 0 saturated carbocycles. The number of hydrogen-bond donors (Lipinski definition) is 3. The average Bonchev–Trinajstić information content (AvgIpc) is 2.23. The lowest BCUT2D eigenvalue weighted by Gasteiger charge is -2.05. The summed E-state index contributed by atoms with van der Waals surface area (Å²) in [5.74, 6) is -1.21. The van der Waals surface area contributed by atoms with E-state index in [0.717, 1.165) is 6.42 Å². The smallest absolute Gasteiger partial charge is 0.321 e. The molecule has 4 amide bonds. The minimum atomic E-state index is -0.729. The Balaban J connectivity index is 3.62. The Kier molecular flexibility index (Phi) is 7.35. The Morgan fingerprint density at radius 1 is 1.13 bits per heavy atom. The molecule has 0 rings (SSSR count). The van der Waals surface area contributed by atoms with Crippen LogP contribution in [0.25, 0.3) is 0 Å². The molecule has 0 radical (unpaired) electrons. The van der Waals surface area contributed by atoms with Gasteiger partial charge in [0, 0.05) is 6.54 Å². The van der Waals surface area contributed by atoms with Crippen LogP contribution < -0.4 is 16.0 Å². The highest BCUT2D eigenvalue weighted by Gasteiger charge is 2.07. The maximum Gasteiger partial charge on any atom is 0.321 e. The van der Waals surface area contributed by atoms with Crippen LogP contribution >= 0.6 is 11.6 Å². The van der Waals surface area contributed by atoms with Crippen LogP contribution in [0.2, 0.25) is 0 Å². The first kappa shape index (κ1) is 13.7. The monoisotopic (exact) mass is 235 g/mol. The number of halogens is 1. The van der Waals surface area contributed by atoms with E-state index in [1.807, 2.05) is 12.2 Å². The molecule has 7 heteroatoms. The van der Waals surface area contributed by atoms with Gasteiger partial charge < -0.3 is 10.6 Å². The summed E-state index contributed by atoms with van der Waals surface area (Å²) in [6, 6.07) is -0.729. The van der Waals surface area contributed by atoms with Crippen molar-refractivity contribution in [2.45, 2.75) is 13.3 Å². The van der Waals surface area contributed by atoms with E-state index in [2.05, 4.69) is 10.6 Å². The van der Waals surface area contributed by atoms with Gasteiger partial charge in [0.05, 0.1) is 6.54 Å². The Morgan fingerprint density at radius 3 is 2.33 bits per heavy atom. The molecule has 0 fully saturated rings. The van der Waals surface area contributed by atoms with E-state index in [0.29, 0.717) is 6.54 Å². The van der Waals surface area contributed by atoms with E-state index in [-0.39, 0.29) is 18.3 Å². The lowest BCUT2D eigenvalue weighted by Crippen LogP contribution is -2.44. The maximum atomic E-state index is 11.0. The standard InChI is InChI=1S/C8H14ClN3O3/c1-2-3-10-7(14)5-11-8(15)12-6(13)4-9/h2-5H2,1H3,(H,10,14)(H2,11,12,13,15). The van der Waals surface area contributed by atoms with Crippen LogP contribution in [-0.2, 0) is 9.59 Å². The lowest BCUT2D eigenvalue weighted by atomic mass is 10.4. The van der Waals surface area contributed by atoms with Gasteiger partial charge in [0.15, 0.2) is 0 Å². The van der Waals surface area contributed by atoms with E-state index < -0.39 is 11.9 Å². The van der Waals surface area contributed by atoms with E-state index >= 15 is 0 Å². The molecule has 0 aromatic heterocycles. The van der Waals surface area contributed by atoms with Crippen LogP contribution in [0.5, 0.6) is 0 Å². The molecule has 3 N–H and O–H groups in total. The Bertz CT molecular complexity index is 245. The Morgan fingerprint density at radius 2 is 1.80 bits per heavy atom. The maximum absolute atomic E-state index is 11.0. The second-order valence-corrected chi connectivity index (χ2v) is 2.98. The Labute approximate surface area is 92.7 Å². The molecule has 0 aromatic carbocycles. The number of alkyl halides is 1. The zero-order chi connectivity index (χ0) is 11.7. The predicted octanol–water partition coefficient (Wildman–Crippen LogP) is -0.423. The van der Waals surface area contributed by atoms with Crippen LogP contribution in [0.4, 0.5) is 4.79 Å². The van der Waals surface area contributed by atoms with Crippen LogP contribution in [-0.4, -0.2) is 36.8 Å². The summed E-state index contributed by atoms with van der Waals surface area (Å²) in [6.45, 7) is 2.31. The molecule has 15 heavy (non-hydrogen) atoms. The fraction of sp³-hybridized carbons (Fsp3) is 0.625. The van der Waals surface area contributed by atoms with Crippen molar-refractivity contribution in [2.75, 3.05) is 19.0 Å². The topological polar surface area (TPSA) is 87.3 Å². The summed E-state index contributed by atoms with van der Waals surface area (Å²) in [5, 5.41) is 6.72. The molecule has 0 saturated heterocycles. The van der Waals surface area contributed by atoms with Crippen molar-refractivity contribution in [3.05, 3.63) is 0 Å². The van der Waals surface area contributed by atoms with Crippen molar-refractivity contribution in [1.82, 2.24) is 16.0 Å². The van der Waals surface area contributed by atoms with Gasteiger partial charge in [-0.25, -0.2) is 4.79 Å². The van der Waals surface area contributed by atoms with E-state index in [9.17, 15) is 14.4 Å². The molecular weight excluding hydrogens is 222 g/mol. The van der Waals surface area contributed by atoms with Crippen LogP contribution in [0.1, 0.15) is 13.3 Å². The number of hydrogen-bond acceptors (Lipinski definition) is 3. The number of amides is 4. The molecule has 6 nitrogen and oxygen atoms in total. The predicted molar refractivity (Wildman–Crippen MR) is 55.6 cm³/mol. The first-order valence-corrected chi connectivity index (χ1v) is 5.04. The van der Waals surface area contributed by atoms with Crippen LogP contribution in [0, 0.1) is 0 Å². The fourth-order valence-corrected chi connectivity index (χ4v) is 0.759. The second-order valence-electron chi connectivity index (χ2n) is 2.71. The summed E-state index contributed by atoms with van der Waals surface area (Å²) in [4.78, 5) is 32.5. The van der Waals surface area contributed by atoms with Gasteiger partial charge in [-0.1, -0.05) is 6.92 Å². The summed E-state index contributed by atoms with van der Waals surface area (Å²) >= 11 is 5.16. The number of carbonyl (C=O) groups excluding carboxylic acids is 3. The fourth-order valence-electron chi connectivity index (χ4n) is 0.692. The molecule has 0 aromatic rings. The molecule has 0 atom stereocenters. The van der Waals surface area contributed by atoms with Crippen molar-refractivity contribution in [1.29, 1.82) is 0 Å². The number of carbonyl (C=O) groups is 3. The molecule has 0 heterocycles. The molecular formula is C8H14ClN3O3.